The molecule has 2 heterocycles. The van der Waals surface area contributed by atoms with Crippen molar-refractivity contribution >= 4 is 34.3 Å². The van der Waals surface area contributed by atoms with Crippen LogP contribution < -0.4 is 10.1 Å². The van der Waals surface area contributed by atoms with Crippen molar-refractivity contribution in [2.24, 2.45) is 0 Å². The van der Waals surface area contributed by atoms with Crippen LogP contribution in [0.4, 0.5) is 11.0 Å². The van der Waals surface area contributed by atoms with Crippen LogP contribution in [0.5, 0.6) is 5.75 Å². The molecule has 1 N–H and O–H groups in total. The summed E-state index contributed by atoms with van der Waals surface area (Å²) in [7, 11) is 1.55. The monoisotopic (exact) mass is 372 g/mol. The lowest BCUT2D eigenvalue weighted by atomic mass is 10.2. The molecule has 9 nitrogen and oxygen atoms in total. The number of methoxy groups -OCH3 is 1. The Kier molecular flexibility index (Phi) is 5.04. The largest absolute Gasteiger partial charge is 0.497 e. The van der Waals surface area contributed by atoms with E-state index in [2.05, 4.69) is 15.5 Å². The van der Waals surface area contributed by atoms with Crippen LogP contribution >= 0.6 is 11.3 Å². The van der Waals surface area contributed by atoms with Crippen LogP contribution in [0.25, 0.3) is 17.5 Å². The lowest BCUT2D eigenvalue weighted by molar-refractivity contribution is -0.380. The van der Waals surface area contributed by atoms with Crippen LogP contribution in [0.1, 0.15) is 4.88 Å². The topological polar surface area (TPSA) is 120 Å². The number of carbonyl (C=O) groups excluding carboxylic acids is 1. The molecule has 0 spiro atoms. The molecular weight excluding hydrogens is 360 g/mol. The van der Waals surface area contributed by atoms with Crippen LogP contribution in [0.3, 0.4) is 0 Å². The quantitative estimate of drug-likeness (QED) is 0.400. The van der Waals surface area contributed by atoms with Crippen molar-refractivity contribution in [3.63, 3.8) is 0 Å². The van der Waals surface area contributed by atoms with Gasteiger partial charge in [-0.15, -0.1) is 5.10 Å². The number of anilines is 1. The number of hydrogen-bond donors (Lipinski definition) is 1. The summed E-state index contributed by atoms with van der Waals surface area (Å²) in [5.41, 5.74) is 0.652. The van der Waals surface area contributed by atoms with Crippen LogP contribution in [0.15, 0.2) is 46.9 Å². The summed E-state index contributed by atoms with van der Waals surface area (Å²) in [6.45, 7) is 0. The van der Waals surface area contributed by atoms with Crippen LogP contribution in [0.2, 0.25) is 0 Å². The number of nitrogens with zero attached hydrogens (tertiary/aromatic N) is 3. The lowest BCUT2D eigenvalue weighted by Gasteiger charge is -2.00. The molecule has 0 radical (unpaired) electrons. The molecule has 3 aromatic rings. The third kappa shape index (κ3) is 4.11. The van der Waals surface area contributed by atoms with Gasteiger partial charge >= 0.3 is 11.0 Å². The van der Waals surface area contributed by atoms with E-state index >= 15 is 0 Å². The van der Waals surface area contributed by atoms with E-state index in [0.717, 1.165) is 11.3 Å². The smallest absolute Gasteiger partial charge is 0.324 e. The van der Waals surface area contributed by atoms with Gasteiger partial charge in [0.2, 0.25) is 5.89 Å². The first kappa shape index (κ1) is 17.3. The van der Waals surface area contributed by atoms with Gasteiger partial charge in [-0.25, -0.2) is 0 Å². The van der Waals surface area contributed by atoms with Gasteiger partial charge < -0.3 is 9.15 Å². The Morgan fingerprint density at radius 3 is 2.92 bits per heavy atom. The maximum absolute atomic E-state index is 11.9. The minimum absolute atomic E-state index is 0.00453. The summed E-state index contributed by atoms with van der Waals surface area (Å²) in [4.78, 5) is 22.6. The van der Waals surface area contributed by atoms with Crippen molar-refractivity contribution in [2.45, 2.75) is 0 Å². The highest BCUT2D eigenvalue weighted by Crippen LogP contribution is 2.25. The molecule has 1 amide bonds. The van der Waals surface area contributed by atoms with Gasteiger partial charge in [0.1, 0.15) is 5.75 Å². The van der Waals surface area contributed by atoms with Gasteiger partial charge in [0, 0.05) is 22.6 Å². The number of aromatic nitrogens is 2. The molecule has 0 bridgehead atoms. The SMILES string of the molecule is COc1cccc(-c2nnc(NC(=O)/C=C/c3ccc([N+](=O)[O-])s3)o2)c1. The van der Waals surface area contributed by atoms with Crippen molar-refractivity contribution in [3.8, 4) is 17.2 Å². The summed E-state index contributed by atoms with van der Waals surface area (Å²) in [5.74, 6) is 0.373. The summed E-state index contributed by atoms with van der Waals surface area (Å²) in [5, 5.41) is 20.7. The van der Waals surface area contributed by atoms with Crippen molar-refractivity contribution in [3.05, 3.63) is 57.5 Å². The highest BCUT2D eigenvalue weighted by atomic mass is 32.1. The Labute approximate surface area is 151 Å². The number of thiophene rings is 1. The molecule has 26 heavy (non-hydrogen) atoms. The van der Waals surface area contributed by atoms with E-state index in [9.17, 15) is 14.9 Å². The fourth-order valence-electron chi connectivity index (χ4n) is 1.98. The first-order chi connectivity index (χ1) is 12.5. The second kappa shape index (κ2) is 7.57. The average molecular weight is 372 g/mol. The first-order valence-electron chi connectivity index (χ1n) is 7.26. The van der Waals surface area contributed by atoms with Crippen molar-refractivity contribution in [1.29, 1.82) is 0 Å². The Bertz CT molecular complexity index is 978. The third-order valence-electron chi connectivity index (χ3n) is 3.16. The highest BCUT2D eigenvalue weighted by Gasteiger charge is 2.11. The zero-order valence-electron chi connectivity index (χ0n) is 13.4. The number of carbonyl (C=O) groups is 1. The van der Waals surface area contributed by atoms with E-state index in [-0.39, 0.29) is 16.9 Å². The molecule has 0 saturated carbocycles. The van der Waals surface area contributed by atoms with Crippen LogP contribution in [0, 0.1) is 10.1 Å². The molecule has 0 aliphatic rings. The Morgan fingerprint density at radius 1 is 1.35 bits per heavy atom. The molecular formula is C16H12N4O5S. The van der Waals surface area contributed by atoms with Gasteiger partial charge in [-0.2, -0.15) is 0 Å². The maximum Gasteiger partial charge on any atom is 0.324 e. The van der Waals surface area contributed by atoms with E-state index in [1.54, 1.807) is 37.4 Å². The Balaban J connectivity index is 1.65. The van der Waals surface area contributed by atoms with Crippen molar-refractivity contribution in [2.75, 3.05) is 12.4 Å². The molecule has 132 valence electrons. The molecule has 0 fully saturated rings. The highest BCUT2D eigenvalue weighted by molar-refractivity contribution is 7.16. The van der Waals surface area contributed by atoms with Crippen molar-refractivity contribution in [1.82, 2.24) is 10.2 Å². The zero-order valence-corrected chi connectivity index (χ0v) is 14.2. The molecule has 0 aliphatic heterocycles. The number of nitro groups is 1. The van der Waals surface area contributed by atoms with Gasteiger partial charge in [-0.1, -0.05) is 22.5 Å². The molecule has 0 aliphatic carbocycles. The van der Waals surface area contributed by atoms with Gasteiger partial charge in [-0.05, 0) is 30.3 Å². The van der Waals surface area contributed by atoms with Gasteiger partial charge in [0.05, 0.1) is 12.0 Å². The van der Waals surface area contributed by atoms with E-state index < -0.39 is 10.8 Å². The fourth-order valence-corrected chi connectivity index (χ4v) is 2.71. The second-order valence-corrected chi connectivity index (χ2v) is 5.99. The van der Waals surface area contributed by atoms with E-state index in [1.807, 2.05) is 0 Å². The summed E-state index contributed by atoms with van der Waals surface area (Å²) >= 11 is 0.965. The zero-order chi connectivity index (χ0) is 18.5. The summed E-state index contributed by atoms with van der Waals surface area (Å²) < 4.78 is 10.5. The predicted molar refractivity (Wildman–Crippen MR) is 94.9 cm³/mol. The summed E-state index contributed by atoms with van der Waals surface area (Å²) in [6, 6.07) is 9.92. The van der Waals surface area contributed by atoms with E-state index in [0.29, 0.717) is 16.2 Å². The Morgan fingerprint density at radius 2 is 2.19 bits per heavy atom. The number of ether oxygens (including phenoxy) is 1. The normalized spacial score (nSPS) is 10.8. The third-order valence-corrected chi connectivity index (χ3v) is 4.17. The molecule has 0 atom stereocenters. The van der Waals surface area contributed by atoms with E-state index in [1.165, 1.54) is 18.2 Å². The number of amides is 1. The van der Waals surface area contributed by atoms with E-state index in [4.69, 9.17) is 9.15 Å². The van der Waals surface area contributed by atoms with Gasteiger partial charge in [0.15, 0.2) is 0 Å². The molecule has 10 heteroatoms. The predicted octanol–water partition coefficient (Wildman–Crippen LogP) is 3.37. The number of nitrogens with one attached hydrogen (secondary N) is 1. The molecule has 2 aromatic heterocycles. The van der Waals surface area contributed by atoms with Crippen LogP contribution in [-0.4, -0.2) is 28.1 Å². The number of benzene rings is 1. The second-order valence-electron chi connectivity index (χ2n) is 4.90. The number of hydrogen-bond acceptors (Lipinski definition) is 8. The molecule has 1 aromatic carbocycles. The van der Waals surface area contributed by atoms with Gasteiger partial charge in [-0.3, -0.25) is 20.2 Å². The van der Waals surface area contributed by atoms with Crippen molar-refractivity contribution < 1.29 is 18.9 Å². The molecule has 3 rings (SSSR count). The number of rotatable bonds is 6. The average Bonchev–Trinajstić information content (AvgIpc) is 3.29. The lowest BCUT2D eigenvalue weighted by Crippen LogP contribution is -2.07. The minimum atomic E-state index is -0.498. The minimum Gasteiger partial charge on any atom is -0.497 e. The summed E-state index contributed by atoms with van der Waals surface area (Å²) in [6.07, 6.45) is 2.69. The molecule has 0 unspecified atom stereocenters. The fraction of sp³-hybridized carbons (Fsp3) is 0.0625. The first-order valence-corrected chi connectivity index (χ1v) is 8.08. The maximum atomic E-state index is 11.9. The Hall–Kier alpha value is -3.53. The van der Waals surface area contributed by atoms with Gasteiger partial charge in [0.25, 0.3) is 5.91 Å². The molecule has 0 saturated heterocycles. The van der Waals surface area contributed by atoms with Crippen LogP contribution in [-0.2, 0) is 4.79 Å². The standard InChI is InChI=1S/C16H12N4O5S/c1-24-11-4-2-3-10(9-11)15-18-19-16(25-15)17-13(21)7-5-12-6-8-14(26-12)20(22)23/h2-9H,1H3,(H,17,19,21)/b7-5+.